The van der Waals surface area contributed by atoms with Crippen LogP contribution in [0.5, 0.6) is 0 Å². The molecule has 0 saturated carbocycles. The van der Waals surface area contributed by atoms with E-state index in [1.807, 2.05) is 4.90 Å². The Labute approximate surface area is 144 Å². The van der Waals surface area contributed by atoms with Crippen molar-refractivity contribution in [3.05, 3.63) is 22.5 Å². The zero-order valence-corrected chi connectivity index (χ0v) is 14.3. The first-order valence-electron chi connectivity index (χ1n) is 8.06. The number of Topliss-reactive ketones (excluding diaryl/α,β-unsaturated/α-hetero) is 2. The maximum absolute atomic E-state index is 13.1. The highest BCUT2D eigenvalue weighted by molar-refractivity contribution is 6.25. The standard InChI is InChI=1S/C16H20ClN3O4/c1-7-11(18-4-3-17)14(23)10-8(6-21)16(24-2)15-9(19-15)5-20(16)12(10)13(7)22/h8-9,15,18-19,21H,3-6H2,1-2H3. The van der Waals surface area contributed by atoms with Crippen LogP contribution in [-0.2, 0) is 14.3 Å². The van der Waals surface area contributed by atoms with E-state index < -0.39 is 11.6 Å². The van der Waals surface area contributed by atoms with Gasteiger partial charge in [-0.1, -0.05) is 0 Å². The molecule has 24 heavy (non-hydrogen) atoms. The fourth-order valence-corrected chi connectivity index (χ4v) is 4.62. The molecule has 0 radical (unpaired) electrons. The molecule has 0 aromatic heterocycles. The molecule has 3 N–H and O–H groups in total. The van der Waals surface area contributed by atoms with Gasteiger partial charge in [-0.3, -0.25) is 9.59 Å². The van der Waals surface area contributed by atoms with E-state index in [4.69, 9.17) is 16.3 Å². The molecule has 4 unspecified atom stereocenters. The topological polar surface area (TPSA) is 101 Å². The lowest BCUT2D eigenvalue weighted by Gasteiger charge is -2.39. The maximum Gasteiger partial charge on any atom is 0.208 e. The number of alkyl halides is 1. The van der Waals surface area contributed by atoms with Crippen LogP contribution in [0.15, 0.2) is 22.5 Å². The average molecular weight is 354 g/mol. The van der Waals surface area contributed by atoms with Crippen LogP contribution in [0.4, 0.5) is 0 Å². The molecule has 4 aliphatic rings. The monoisotopic (exact) mass is 353 g/mol. The van der Waals surface area contributed by atoms with Crippen LogP contribution in [0.1, 0.15) is 6.92 Å². The summed E-state index contributed by atoms with van der Waals surface area (Å²) in [6.07, 6.45) is 0. The highest BCUT2D eigenvalue weighted by Crippen LogP contribution is 2.55. The van der Waals surface area contributed by atoms with Crippen molar-refractivity contribution >= 4 is 23.2 Å². The molecule has 7 nitrogen and oxygen atoms in total. The van der Waals surface area contributed by atoms with Crippen LogP contribution in [0.25, 0.3) is 0 Å². The Kier molecular flexibility index (Phi) is 3.55. The third-order valence-electron chi connectivity index (χ3n) is 5.61. The van der Waals surface area contributed by atoms with Crippen molar-refractivity contribution in [2.24, 2.45) is 5.92 Å². The quantitative estimate of drug-likeness (QED) is 0.335. The first kappa shape index (κ1) is 16.1. The van der Waals surface area contributed by atoms with Gasteiger partial charge in [0.2, 0.25) is 11.6 Å². The molecule has 130 valence electrons. The third kappa shape index (κ3) is 1.73. The summed E-state index contributed by atoms with van der Waals surface area (Å²) in [5.41, 5.74) is 0.562. The van der Waals surface area contributed by atoms with E-state index in [2.05, 4.69) is 10.6 Å². The minimum atomic E-state index is -0.863. The van der Waals surface area contributed by atoms with Crippen LogP contribution >= 0.6 is 11.6 Å². The van der Waals surface area contributed by atoms with Gasteiger partial charge in [0.15, 0.2) is 5.72 Å². The van der Waals surface area contributed by atoms with Gasteiger partial charge < -0.3 is 25.4 Å². The Morgan fingerprint density at radius 1 is 1.46 bits per heavy atom. The number of nitrogens with one attached hydrogen (secondary N) is 2. The number of rotatable bonds is 5. The van der Waals surface area contributed by atoms with Gasteiger partial charge in [0.05, 0.1) is 30.0 Å². The summed E-state index contributed by atoms with van der Waals surface area (Å²) in [5, 5.41) is 16.3. The fraction of sp³-hybridized carbons (Fsp3) is 0.625. The molecule has 0 spiro atoms. The molecule has 0 aromatic carbocycles. The average Bonchev–Trinajstić information content (AvgIpc) is 3.19. The van der Waals surface area contributed by atoms with Crippen molar-refractivity contribution in [1.82, 2.24) is 15.5 Å². The zero-order chi connectivity index (χ0) is 17.2. The molecule has 8 heteroatoms. The Bertz CT molecular complexity index is 703. The molecule has 3 heterocycles. The lowest BCUT2D eigenvalue weighted by atomic mass is 9.82. The van der Waals surface area contributed by atoms with Crippen molar-refractivity contribution in [2.75, 3.05) is 32.7 Å². The van der Waals surface area contributed by atoms with Crippen LogP contribution < -0.4 is 10.6 Å². The van der Waals surface area contributed by atoms with Crippen molar-refractivity contribution in [2.45, 2.75) is 24.7 Å². The highest BCUT2D eigenvalue weighted by Gasteiger charge is 2.72. The van der Waals surface area contributed by atoms with Crippen LogP contribution in [0.3, 0.4) is 0 Å². The predicted molar refractivity (Wildman–Crippen MR) is 86.2 cm³/mol. The van der Waals surface area contributed by atoms with Crippen LogP contribution in [-0.4, -0.2) is 72.1 Å². The number of hydrogen-bond donors (Lipinski definition) is 3. The van der Waals surface area contributed by atoms with E-state index in [-0.39, 0.29) is 36.0 Å². The largest absolute Gasteiger partial charge is 0.396 e. The lowest BCUT2D eigenvalue weighted by Crippen LogP contribution is -2.54. The summed E-state index contributed by atoms with van der Waals surface area (Å²) in [6.45, 7) is 2.39. The molecule has 4 atom stereocenters. The second-order valence-electron chi connectivity index (χ2n) is 6.59. The van der Waals surface area contributed by atoms with Gasteiger partial charge in [-0.15, -0.1) is 11.6 Å². The van der Waals surface area contributed by atoms with Gasteiger partial charge in [-0.2, -0.15) is 0 Å². The van der Waals surface area contributed by atoms with Gasteiger partial charge >= 0.3 is 0 Å². The van der Waals surface area contributed by atoms with Gasteiger partial charge in [-0.05, 0) is 6.92 Å². The van der Waals surface area contributed by atoms with Crippen molar-refractivity contribution < 1.29 is 19.4 Å². The molecule has 0 aromatic rings. The third-order valence-corrected chi connectivity index (χ3v) is 5.80. The zero-order valence-electron chi connectivity index (χ0n) is 13.6. The number of methoxy groups -OCH3 is 1. The summed E-state index contributed by atoms with van der Waals surface area (Å²) >= 11 is 5.70. The number of carbonyl (C=O) groups excluding carboxylic acids is 2. The second kappa shape index (κ2) is 5.29. The minimum Gasteiger partial charge on any atom is -0.396 e. The van der Waals surface area contributed by atoms with Crippen LogP contribution in [0, 0.1) is 5.92 Å². The van der Waals surface area contributed by atoms with E-state index in [1.54, 1.807) is 14.0 Å². The van der Waals surface area contributed by atoms with Crippen molar-refractivity contribution in [3.63, 3.8) is 0 Å². The van der Waals surface area contributed by atoms with Gasteiger partial charge in [0.1, 0.15) is 0 Å². The second-order valence-corrected chi connectivity index (χ2v) is 6.97. The van der Waals surface area contributed by atoms with E-state index in [1.165, 1.54) is 0 Å². The molecule has 1 aliphatic carbocycles. The van der Waals surface area contributed by atoms with E-state index >= 15 is 0 Å². The molecular weight excluding hydrogens is 334 g/mol. The summed E-state index contributed by atoms with van der Waals surface area (Å²) in [7, 11) is 1.57. The number of hydrogen-bond acceptors (Lipinski definition) is 7. The summed E-state index contributed by atoms with van der Waals surface area (Å²) in [4.78, 5) is 27.9. The number of piperazine rings is 1. The fourth-order valence-electron chi connectivity index (χ4n) is 4.53. The number of ether oxygens (including phenoxy) is 1. The normalized spacial score (nSPS) is 37.0. The van der Waals surface area contributed by atoms with E-state index in [0.717, 1.165) is 0 Å². The highest BCUT2D eigenvalue weighted by atomic mass is 35.5. The number of aliphatic hydroxyl groups excluding tert-OH is 1. The molecule has 2 saturated heterocycles. The number of fused-ring (bicyclic) bond motifs is 4. The summed E-state index contributed by atoms with van der Waals surface area (Å²) in [5.74, 6) is -0.649. The van der Waals surface area contributed by atoms with E-state index in [0.29, 0.717) is 35.8 Å². The van der Waals surface area contributed by atoms with Gasteiger partial charge in [0, 0.05) is 43.3 Å². The molecular formula is C16H20ClN3O4. The molecule has 4 rings (SSSR count). The smallest absolute Gasteiger partial charge is 0.208 e. The van der Waals surface area contributed by atoms with E-state index in [9.17, 15) is 14.7 Å². The Morgan fingerprint density at radius 3 is 2.83 bits per heavy atom. The SMILES string of the molecule is COC12C(CO)C3=C(C(=O)C(C)=C(NCCCl)C3=O)N1CC1NC12. The number of aliphatic hydroxyl groups is 1. The summed E-state index contributed by atoms with van der Waals surface area (Å²) in [6, 6.07) is 0.251. The Morgan fingerprint density at radius 2 is 2.21 bits per heavy atom. The number of halogens is 1. The van der Waals surface area contributed by atoms with Crippen molar-refractivity contribution in [3.8, 4) is 0 Å². The van der Waals surface area contributed by atoms with Crippen LogP contribution in [0.2, 0.25) is 0 Å². The van der Waals surface area contributed by atoms with Gasteiger partial charge in [0.25, 0.3) is 0 Å². The molecule has 0 amide bonds. The molecule has 3 aliphatic heterocycles. The van der Waals surface area contributed by atoms with Crippen molar-refractivity contribution in [1.29, 1.82) is 0 Å². The lowest BCUT2D eigenvalue weighted by molar-refractivity contribution is -0.137. The first-order valence-corrected chi connectivity index (χ1v) is 8.60. The molecule has 0 bridgehead atoms. The number of carbonyl (C=O) groups is 2. The first-order chi connectivity index (χ1) is 11.5. The number of ketones is 2. The Balaban J connectivity index is 1.81. The van der Waals surface area contributed by atoms with Gasteiger partial charge in [-0.25, -0.2) is 0 Å². The predicted octanol–water partition coefficient (Wildman–Crippen LogP) is -0.884. The summed E-state index contributed by atoms with van der Waals surface area (Å²) < 4.78 is 5.82. The number of nitrogens with zero attached hydrogens (tertiary/aromatic N) is 1. The maximum atomic E-state index is 13.1. The minimum absolute atomic E-state index is 0.0189. The Hall–Kier alpha value is -1.41. The molecule has 2 fully saturated rings. The number of allylic oxidation sites excluding steroid dienone is 2.